The number of hydrogen-bond acceptors (Lipinski definition) is 2. The Bertz CT molecular complexity index is 433. The first-order chi connectivity index (χ1) is 9.53. The van der Waals surface area contributed by atoms with E-state index in [9.17, 15) is 4.39 Å². The van der Waals surface area contributed by atoms with Gasteiger partial charge < -0.3 is 10.1 Å². The third-order valence-electron chi connectivity index (χ3n) is 4.22. The van der Waals surface area contributed by atoms with Gasteiger partial charge in [-0.15, -0.1) is 0 Å². The Morgan fingerprint density at radius 2 is 2.20 bits per heavy atom. The monoisotopic (exact) mass is 279 g/mol. The molecular weight excluding hydrogens is 253 g/mol. The molecule has 2 unspecified atom stereocenters. The summed E-state index contributed by atoms with van der Waals surface area (Å²) in [4.78, 5) is 0. The molecule has 1 aliphatic rings. The van der Waals surface area contributed by atoms with Crippen LogP contribution in [-0.4, -0.2) is 18.7 Å². The molecular formula is C17H26FNO. The standard InChI is InChI=1S/C17H26FNO/c1-4-11-19-16-15(9-6-10-17(16,2)3)20-14-8-5-7-13(18)12-14/h5,7-8,12,15-16,19H,4,6,9-11H2,1-3H3. The molecule has 1 aromatic carbocycles. The van der Waals surface area contributed by atoms with Gasteiger partial charge >= 0.3 is 0 Å². The van der Waals surface area contributed by atoms with Crippen LogP contribution < -0.4 is 10.1 Å². The lowest BCUT2D eigenvalue weighted by Gasteiger charge is -2.44. The van der Waals surface area contributed by atoms with E-state index in [0.29, 0.717) is 11.8 Å². The van der Waals surface area contributed by atoms with Gasteiger partial charge in [0.25, 0.3) is 0 Å². The summed E-state index contributed by atoms with van der Waals surface area (Å²) < 4.78 is 19.4. The number of rotatable bonds is 5. The molecule has 0 heterocycles. The van der Waals surface area contributed by atoms with Crippen molar-refractivity contribution in [3.8, 4) is 5.75 Å². The van der Waals surface area contributed by atoms with E-state index in [1.807, 2.05) is 6.07 Å². The smallest absolute Gasteiger partial charge is 0.126 e. The Balaban J connectivity index is 2.10. The third-order valence-corrected chi connectivity index (χ3v) is 4.22. The molecule has 2 nitrogen and oxygen atoms in total. The minimum atomic E-state index is -0.240. The van der Waals surface area contributed by atoms with E-state index >= 15 is 0 Å². The van der Waals surface area contributed by atoms with E-state index in [0.717, 1.165) is 25.8 Å². The predicted molar refractivity (Wildman–Crippen MR) is 80.5 cm³/mol. The Kier molecular flexibility index (Phi) is 5.03. The summed E-state index contributed by atoms with van der Waals surface area (Å²) in [6.07, 6.45) is 4.63. The lowest BCUT2D eigenvalue weighted by atomic mass is 9.71. The summed E-state index contributed by atoms with van der Waals surface area (Å²) in [5.74, 6) is 0.395. The molecule has 0 amide bonds. The van der Waals surface area contributed by atoms with Crippen LogP contribution in [0.1, 0.15) is 46.5 Å². The molecule has 1 N–H and O–H groups in total. The molecule has 1 aliphatic carbocycles. The second kappa shape index (κ2) is 6.57. The molecule has 0 spiro atoms. The van der Waals surface area contributed by atoms with Gasteiger partial charge in [-0.3, -0.25) is 0 Å². The summed E-state index contributed by atoms with van der Waals surface area (Å²) in [5.41, 5.74) is 0.214. The summed E-state index contributed by atoms with van der Waals surface area (Å²) in [6.45, 7) is 7.76. The number of ether oxygens (including phenoxy) is 1. The highest BCUT2D eigenvalue weighted by molar-refractivity contribution is 5.23. The van der Waals surface area contributed by atoms with Crippen molar-refractivity contribution in [1.29, 1.82) is 0 Å². The lowest BCUT2D eigenvalue weighted by Crippen LogP contribution is -2.54. The van der Waals surface area contributed by atoms with Gasteiger partial charge in [-0.05, 0) is 49.8 Å². The van der Waals surface area contributed by atoms with Gasteiger partial charge in [-0.1, -0.05) is 26.8 Å². The largest absolute Gasteiger partial charge is 0.489 e. The fourth-order valence-electron chi connectivity index (χ4n) is 3.13. The maximum Gasteiger partial charge on any atom is 0.126 e. The van der Waals surface area contributed by atoms with Gasteiger partial charge in [-0.25, -0.2) is 4.39 Å². The van der Waals surface area contributed by atoms with E-state index in [2.05, 4.69) is 26.1 Å². The Hall–Kier alpha value is -1.09. The van der Waals surface area contributed by atoms with Crippen molar-refractivity contribution in [3.05, 3.63) is 30.1 Å². The van der Waals surface area contributed by atoms with E-state index in [4.69, 9.17) is 4.74 Å². The Labute approximate surface area is 121 Å². The topological polar surface area (TPSA) is 21.3 Å². The maximum atomic E-state index is 13.3. The van der Waals surface area contributed by atoms with E-state index in [1.165, 1.54) is 18.6 Å². The van der Waals surface area contributed by atoms with Crippen molar-refractivity contribution in [3.63, 3.8) is 0 Å². The van der Waals surface area contributed by atoms with Crippen molar-refractivity contribution in [1.82, 2.24) is 5.32 Å². The highest BCUT2D eigenvalue weighted by atomic mass is 19.1. The van der Waals surface area contributed by atoms with Crippen LogP contribution in [0.15, 0.2) is 24.3 Å². The zero-order valence-electron chi connectivity index (χ0n) is 12.8. The highest BCUT2D eigenvalue weighted by Crippen LogP contribution is 2.37. The summed E-state index contributed by atoms with van der Waals surface area (Å²) in [6, 6.07) is 6.77. The maximum absolute atomic E-state index is 13.3. The molecule has 1 aromatic rings. The second-order valence-electron chi connectivity index (χ2n) is 6.43. The molecule has 20 heavy (non-hydrogen) atoms. The second-order valence-corrected chi connectivity index (χ2v) is 6.43. The SMILES string of the molecule is CCCNC1C(Oc2cccc(F)c2)CCCC1(C)C. The minimum absolute atomic E-state index is 0.118. The third kappa shape index (κ3) is 3.72. The summed E-state index contributed by atoms with van der Waals surface area (Å²) in [5, 5.41) is 3.63. The molecule has 0 aliphatic heterocycles. The molecule has 2 rings (SSSR count). The van der Waals surface area contributed by atoms with E-state index in [-0.39, 0.29) is 17.3 Å². The lowest BCUT2D eigenvalue weighted by molar-refractivity contribution is 0.0363. The normalized spacial score (nSPS) is 25.4. The van der Waals surface area contributed by atoms with Gasteiger partial charge in [-0.2, -0.15) is 0 Å². The number of halogens is 1. The predicted octanol–water partition coefficient (Wildman–Crippen LogP) is 4.15. The van der Waals surface area contributed by atoms with Crippen LogP contribution in [0, 0.1) is 11.2 Å². The molecule has 3 heteroatoms. The average molecular weight is 279 g/mol. The van der Waals surface area contributed by atoms with Crippen LogP contribution in [0.25, 0.3) is 0 Å². The molecule has 0 bridgehead atoms. The summed E-state index contributed by atoms with van der Waals surface area (Å²) in [7, 11) is 0. The quantitative estimate of drug-likeness (QED) is 0.874. The fourth-order valence-corrected chi connectivity index (χ4v) is 3.13. The van der Waals surface area contributed by atoms with Gasteiger partial charge in [0, 0.05) is 12.1 Å². The molecule has 1 saturated carbocycles. The molecule has 0 aromatic heterocycles. The molecule has 2 atom stereocenters. The van der Waals surface area contributed by atoms with Gasteiger partial charge in [0.05, 0.1) is 0 Å². The van der Waals surface area contributed by atoms with Crippen molar-refractivity contribution < 1.29 is 9.13 Å². The van der Waals surface area contributed by atoms with Crippen molar-refractivity contribution in [2.45, 2.75) is 58.6 Å². The van der Waals surface area contributed by atoms with Gasteiger partial charge in [0.2, 0.25) is 0 Å². The van der Waals surface area contributed by atoms with Crippen molar-refractivity contribution in [2.24, 2.45) is 5.41 Å². The first-order valence-electron chi connectivity index (χ1n) is 7.68. The minimum Gasteiger partial charge on any atom is -0.489 e. The molecule has 112 valence electrons. The average Bonchev–Trinajstić information content (AvgIpc) is 2.37. The van der Waals surface area contributed by atoms with Crippen LogP contribution in [-0.2, 0) is 0 Å². The zero-order valence-corrected chi connectivity index (χ0v) is 12.8. The fraction of sp³-hybridized carbons (Fsp3) is 0.647. The Morgan fingerprint density at radius 1 is 1.40 bits per heavy atom. The number of nitrogens with one attached hydrogen (secondary N) is 1. The zero-order chi connectivity index (χ0) is 14.6. The first kappa shape index (κ1) is 15.3. The summed E-state index contributed by atoms with van der Waals surface area (Å²) >= 11 is 0. The van der Waals surface area contributed by atoms with Crippen LogP contribution in [0.3, 0.4) is 0 Å². The van der Waals surface area contributed by atoms with E-state index < -0.39 is 0 Å². The highest BCUT2D eigenvalue weighted by Gasteiger charge is 2.39. The van der Waals surface area contributed by atoms with Gasteiger partial charge in [0.15, 0.2) is 0 Å². The van der Waals surface area contributed by atoms with Crippen LogP contribution in [0.5, 0.6) is 5.75 Å². The number of benzene rings is 1. The van der Waals surface area contributed by atoms with Crippen LogP contribution in [0.2, 0.25) is 0 Å². The first-order valence-corrected chi connectivity index (χ1v) is 7.68. The Morgan fingerprint density at radius 3 is 2.90 bits per heavy atom. The van der Waals surface area contributed by atoms with Crippen LogP contribution in [0.4, 0.5) is 4.39 Å². The molecule has 0 saturated heterocycles. The molecule has 0 radical (unpaired) electrons. The van der Waals surface area contributed by atoms with E-state index in [1.54, 1.807) is 6.07 Å². The number of hydrogen-bond donors (Lipinski definition) is 1. The molecule has 1 fully saturated rings. The van der Waals surface area contributed by atoms with Crippen molar-refractivity contribution in [2.75, 3.05) is 6.54 Å². The van der Waals surface area contributed by atoms with Crippen LogP contribution >= 0.6 is 0 Å². The van der Waals surface area contributed by atoms with Gasteiger partial charge in [0.1, 0.15) is 17.7 Å². The van der Waals surface area contributed by atoms with Crippen molar-refractivity contribution >= 4 is 0 Å².